The van der Waals surface area contributed by atoms with Crippen molar-refractivity contribution >= 4 is 0 Å². The highest BCUT2D eigenvalue weighted by molar-refractivity contribution is 5.44. The molecule has 0 bridgehead atoms. The Hall–Kier alpha value is -1.61. The topological polar surface area (TPSA) is 29.9 Å². The van der Waals surface area contributed by atoms with Crippen molar-refractivity contribution in [2.75, 3.05) is 6.54 Å². The molecule has 0 saturated heterocycles. The summed E-state index contributed by atoms with van der Waals surface area (Å²) in [7, 11) is 0. The quantitative estimate of drug-likeness (QED) is 0.833. The third-order valence-corrected chi connectivity index (χ3v) is 3.22. The molecule has 19 heavy (non-hydrogen) atoms. The van der Waals surface area contributed by atoms with E-state index in [4.69, 9.17) is 0 Å². The van der Waals surface area contributed by atoms with Gasteiger partial charge in [0.05, 0.1) is 11.4 Å². The minimum Gasteiger partial charge on any atom is -0.313 e. The number of benzene rings is 1. The van der Waals surface area contributed by atoms with Gasteiger partial charge in [0.1, 0.15) is 0 Å². The van der Waals surface area contributed by atoms with Gasteiger partial charge in [-0.1, -0.05) is 24.6 Å². The van der Waals surface area contributed by atoms with Crippen LogP contribution in [-0.4, -0.2) is 16.3 Å². The fraction of sp³-hybridized carbons (Fsp3) is 0.438. The number of rotatable bonds is 5. The summed E-state index contributed by atoms with van der Waals surface area (Å²) in [4.78, 5) is 0. The van der Waals surface area contributed by atoms with Crippen LogP contribution in [0.2, 0.25) is 0 Å². The monoisotopic (exact) mass is 257 g/mol. The van der Waals surface area contributed by atoms with Crippen molar-refractivity contribution < 1.29 is 0 Å². The van der Waals surface area contributed by atoms with E-state index >= 15 is 0 Å². The van der Waals surface area contributed by atoms with E-state index in [2.05, 4.69) is 55.5 Å². The number of hydrogen-bond acceptors (Lipinski definition) is 2. The summed E-state index contributed by atoms with van der Waals surface area (Å²) in [6.07, 6.45) is 1.15. The lowest BCUT2D eigenvalue weighted by Gasteiger charge is -2.13. The van der Waals surface area contributed by atoms with E-state index in [0.29, 0.717) is 0 Å². The number of hydrogen-bond donors (Lipinski definition) is 1. The molecule has 3 heteroatoms. The van der Waals surface area contributed by atoms with Crippen molar-refractivity contribution in [2.45, 2.75) is 40.7 Å². The van der Waals surface area contributed by atoms with Crippen LogP contribution in [0.4, 0.5) is 0 Å². The van der Waals surface area contributed by atoms with E-state index in [-0.39, 0.29) is 0 Å². The zero-order valence-corrected chi connectivity index (χ0v) is 12.3. The molecule has 102 valence electrons. The van der Waals surface area contributed by atoms with Crippen molar-refractivity contribution in [3.63, 3.8) is 0 Å². The van der Waals surface area contributed by atoms with Crippen molar-refractivity contribution in [1.29, 1.82) is 0 Å². The van der Waals surface area contributed by atoms with Gasteiger partial charge in [0, 0.05) is 12.2 Å². The van der Waals surface area contributed by atoms with E-state index in [1.807, 2.05) is 11.6 Å². The summed E-state index contributed by atoms with van der Waals surface area (Å²) in [6.45, 7) is 10.4. The van der Waals surface area contributed by atoms with Gasteiger partial charge in [0.25, 0.3) is 0 Å². The minimum absolute atomic E-state index is 0.892. The second-order valence-corrected chi connectivity index (χ2v) is 5.15. The highest BCUT2D eigenvalue weighted by Crippen LogP contribution is 2.18. The van der Waals surface area contributed by atoms with Crippen molar-refractivity contribution in [3.05, 3.63) is 46.8 Å². The Balaban J connectivity index is 2.36. The van der Waals surface area contributed by atoms with Gasteiger partial charge in [0.15, 0.2) is 0 Å². The standard InChI is InChI=1S/C16H23N3/c1-5-8-17-11-15-9-12(2)6-7-16(15)19-14(4)10-13(3)18-19/h6-7,9-10,17H,5,8,11H2,1-4H3. The third-order valence-electron chi connectivity index (χ3n) is 3.22. The molecule has 0 radical (unpaired) electrons. The molecule has 2 aromatic rings. The molecule has 0 atom stereocenters. The average molecular weight is 257 g/mol. The van der Waals surface area contributed by atoms with E-state index in [1.165, 1.54) is 22.5 Å². The number of aromatic nitrogens is 2. The summed E-state index contributed by atoms with van der Waals surface area (Å²) >= 11 is 0. The van der Waals surface area contributed by atoms with Gasteiger partial charge < -0.3 is 5.32 Å². The second-order valence-electron chi connectivity index (χ2n) is 5.15. The fourth-order valence-corrected chi connectivity index (χ4v) is 2.34. The second kappa shape index (κ2) is 6.02. The van der Waals surface area contributed by atoms with Crippen LogP contribution in [0.5, 0.6) is 0 Å². The van der Waals surface area contributed by atoms with Crippen molar-refractivity contribution in [2.24, 2.45) is 0 Å². The van der Waals surface area contributed by atoms with Crippen molar-refractivity contribution in [1.82, 2.24) is 15.1 Å². The number of nitrogens with one attached hydrogen (secondary N) is 1. The van der Waals surface area contributed by atoms with Gasteiger partial charge in [-0.05, 0) is 51.4 Å². The van der Waals surface area contributed by atoms with Gasteiger partial charge in [-0.15, -0.1) is 0 Å². The molecule has 1 N–H and O–H groups in total. The lowest BCUT2D eigenvalue weighted by Crippen LogP contribution is -2.16. The van der Waals surface area contributed by atoms with Crippen LogP contribution in [0.1, 0.15) is 35.9 Å². The van der Waals surface area contributed by atoms with Gasteiger partial charge in [-0.3, -0.25) is 0 Å². The predicted octanol–water partition coefficient (Wildman–Crippen LogP) is 3.30. The molecule has 0 aliphatic heterocycles. The molecular formula is C16H23N3. The normalized spacial score (nSPS) is 10.9. The van der Waals surface area contributed by atoms with Crippen LogP contribution in [-0.2, 0) is 6.54 Å². The summed E-state index contributed by atoms with van der Waals surface area (Å²) in [6, 6.07) is 8.67. The first-order chi connectivity index (χ1) is 9.11. The number of aryl methyl sites for hydroxylation is 3. The zero-order chi connectivity index (χ0) is 13.8. The van der Waals surface area contributed by atoms with Crippen LogP contribution in [0.15, 0.2) is 24.3 Å². The highest BCUT2D eigenvalue weighted by Gasteiger charge is 2.09. The number of nitrogens with zero attached hydrogens (tertiary/aromatic N) is 2. The Bertz CT molecular complexity index is 555. The van der Waals surface area contributed by atoms with Crippen molar-refractivity contribution in [3.8, 4) is 5.69 Å². The van der Waals surface area contributed by atoms with Gasteiger partial charge >= 0.3 is 0 Å². The minimum atomic E-state index is 0.892. The smallest absolute Gasteiger partial charge is 0.0693 e. The molecule has 2 rings (SSSR count). The molecular weight excluding hydrogens is 234 g/mol. The summed E-state index contributed by atoms with van der Waals surface area (Å²) in [5.74, 6) is 0. The summed E-state index contributed by atoms with van der Waals surface area (Å²) in [5.41, 5.74) is 6.02. The Labute approximate surface area is 115 Å². The lowest BCUT2D eigenvalue weighted by molar-refractivity contribution is 0.668. The highest BCUT2D eigenvalue weighted by atomic mass is 15.3. The molecule has 0 aliphatic rings. The average Bonchev–Trinajstić information content (AvgIpc) is 2.69. The summed E-state index contributed by atoms with van der Waals surface area (Å²) < 4.78 is 2.04. The maximum atomic E-state index is 4.59. The van der Waals surface area contributed by atoms with E-state index in [1.54, 1.807) is 0 Å². The zero-order valence-electron chi connectivity index (χ0n) is 12.3. The Morgan fingerprint density at radius 2 is 1.95 bits per heavy atom. The predicted molar refractivity (Wildman–Crippen MR) is 79.8 cm³/mol. The SMILES string of the molecule is CCCNCc1cc(C)ccc1-n1nc(C)cc1C. The molecule has 1 aromatic carbocycles. The van der Waals surface area contributed by atoms with Crippen LogP contribution in [0, 0.1) is 20.8 Å². The molecule has 3 nitrogen and oxygen atoms in total. The Morgan fingerprint density at radius 1 is 1.16 bits per heavy atom. The molecule has 1 aromatic heterocycles. The third kappa shape index (κ3) is 3.24. The molecule has 1 heterocycles. The fourth-order valence-electron chi connectivity index (χ4n) is 2.34. The van der Waals surface area contributed by atoms with E-state index in [9.17, 15) is 0 Å². The Kier molecular flexibility index (Phi) is 4.38. The van der Waals surface area contributed by atoms with E-state index < -0.39 is 0 Å². The maximum Gasteiger partial charge on any atom is 0.0693 e. The van der Waals surface area contributed by atoms with Crippen LogP contribution < -0.4 is 5.32 Å². The van der Waals surface area contributed by atoms with Crippen LogP contribution in [0.3, 0.4) is 0 Å². The summed E-state index contributed by atoms with van der Waals surface area (Å²) in [5, 5.41) is 8.06. The van der Waals surface area contributed by atoms with Gasteiger partial charge in [-0.25, -0.2) is 4.68 Å². The first-order valence-corrected chi connectivity index (χ1v) is 6.95. The largest absolute Gasteiger partial charge is 0.313 e. The molecule has 0 amide bonds. The molecule has 0 spiro atoms. The molecule has 0 unspecified atom stereocenters. The van der Waals surface area contributed by atoms with Crippen LogP contribution in [0.25, 0.3) is 5.69 Å². The van der Waals surface area contributed by atoms with E-state index in [0.717, 1.165) is 25.2 Å². The first kappa shape index (κ1) is 13.8. The molecule has 0 saturated carbocycles. The molecule has 0 fully saturated rings. The molecule has 0 aliphatic carbocycles. The Morgan fingerprint density at radius 3 is 2.58 bits per heavy atom. The first-order valence-electron chi connectivity index (χ1n) is 6.95. The maximum absolute atomic E-state index is 4.59. The van der Waals surface area contributed by atoms with Gasteiger partial charge in [0.2, 0.25) is 0 Å². The van der Waals surface area contributed by atoms with Crippen LogP contribution >= 0.6 is 0 Å². The lowest BCUT2D eigenvalue weighted by atomic mass is 10.1. The van der Waals surface area contributed by atoms with Gasteiger partial charge in [-0.2, -0.15) is 5.10 Å².